The summed E-state index contributed by atoms with van der Waals surface area (Å²) in [6, 6.07) is 9.70. The summed E-state index contributed by atoms with van der Waals surface area (Å²) < 4.78 is 0. The Balaban J connectivity index is 1.67. The van der Waals surface area contributed by atoms with E-state index in [9.17, 15) is 9.90 Å². The summed E-state index contributed by atoms with van der Waals surface area (Å²) in [5.41, 5.74) is 1.01. The number of rotatable bonds is 6. The monoisotopic (exact) mass is 245 g/mol. The van der Waals surface area contributed by atoms with E-state index >= 15 is 0 Å². The van der Waals surface area contributed by atoms with Gasteiger partial charge in [-0.2, -0.15) is 0 Å². The van der Waals surface area contributed by atoms with Crippen LogP contribution in [0.4, 0.5) is 0 Å². The van der Waals surface area contributed by atoms with Gasteiger partial charge in [-0.1, -0.05) is 30.3 Å². The maximum absolute atomic E-state index is 11.5. The first kappa shape index (κ1) is 12.8. The first-order chi connectivity index (χ1) is 8.75. The van der Waals surface area contributed by atoms with E-state index in [1.165, 1.54) is 6.08 Å². The van der Waals surface area contributed by atoms with Crippen molar-refractivity contribution < 1.29 is 9.90 Å². The molecule has 1 amide bonds. The smallest absolute Gasteiger partial charge is 0.244 e. The SMILES string of the molecule is O=C(C=Cc1ccccc1)NCCC(O)C1CC1. The van der Waals surface area contributed by atoms with E-state index < -0.39 is 0 Å². The Morgan fingerprint density at radius 2 is 2.11 bits per heavy atom. The van der Waals surface area contributed by atoms with Crippen molar-refractivity contribution in [2.75, 3.05) is 6.54 Å². The fraction of sp³-hybridized carbons (Fsp3) is 0.400. The van der Waals surface area contributed by atoms with E-state index in [0.717, 1.165) is 18.4 Å². The number of carbonyl (C=O) groups is 1. The molecule has 1 aliphatic rings. The number of nitrogens with one attached hydrogen (secondary N) is 1. The van der Waals surface area contributed by atoms with Crippen LogP contribution in [0.1, 0.15) is 24.8 Å². The lowest BCUT2D eigenvalue weighted by Crippen LogP contribution is -2.26. The Morgan fingerprint density at radius 3 is 2.78 bits per heavy atom. The Hall–Kier alpha value is -1.61. The van der Waals surface area contributed by atoms with E-state index in [2.05, 4.69) is 5.32 Å². The highest BCUT2D eigenvalue weighted by molar-refractivity contribution is 5.91. The van der Waals surface area contributed by atoms with Crippen molar-refractivity contribution in [3.63, 3.8) is 0 Å². The molecule has 2 rings (SSSR count). The van der Waals surface area contributed by atoms with Gasteiger partial charge in [-0.15, -0.1) is 0 Å². The van der Waals surface area contributed by atoms with Crippen LogP contribution in [0.5, 0.6) is 0 Å². The molecule has 3 nitrogen and oxygen atoms in total. The second-order valence-corrected chi connectivity index (χ2v) is 4.73. The van der Waals surface area contributed by atoms with Crippen LogP contribution in [0, 0.1) is 5.92 Å². The Morgan fingerprint density at radius 1 is 1.39 bits per heavy atom. The molecule has 1 aromatic carbocycles. The summed E-state index contributed by atoms with van der Waals surface area (Å²) in [5, 5.41) is 12.4. The van der Waals surface area contributed by atoms with Gasteiger partial charge in [-0.25, -0.2) is 0 Å². The molecule has 1 fully saturated rings. The molecule has 0 radical (unpaired) electrons. The molecule has 1 aliphatic carbocycles. The number of carbonyl (C=O) groups excluding carboxylic acids is 1. The summed E-state index contributed by atoms with van der Waals surface area (Å²) in [6.07, 6.45) is 5.97. The highest BCUT2D eigenvalue weighted by atomic mass is 16.3. The van der Waals surface area contributed by atoms with Gasteiger partial charge in [-0.3, -0.25) is 4.79 Å². The van der Waals surface area contributed by atoms with E-state index in [1.807, 2.05) is 30.3 Å². The third kappa shape index (κ3) is 4.34. The Kier molecular flexibility index (Phi) is 4.53. The van der Waals surface area contributed by atoms with Gasteiger partial charge in [0.1, 0.15) is 0 Å². The van der Waals surface area contributed by atoms with Gasteiger partial charge in [-0.05, 0) is 36.8 Å². The first-order valence-corrected chi connectivity index (χ1v) is 6.45. The number of benzene rings is 1. The van der Waals surface area contributed by atoms with Crippen molar-refractivity contribution in [3.8, 4) is 0 Å². The summed E-state index contributed by atoms with van der Waals surface area (Å²) in [7, 11) is 0. The highest BCUT2D eigenvalue weighted by Crippen LogP contribution is 2.33. The number of amides is 1. The van der Waals surface area contributed by atoms with Crippen LogP contribution in [-0.2, 0) is 4.79 Å². The minimum Gasteiger partial charge on any atom is -0.393 e. The van der Waals surface area contributed by atoms with Crippen molar-refractivity contribution in [3.05, 3.63) is 42.0 Å². The molecule has 2 N–H and O–H groups in total. The van der Waals surface area contributed by atoms with Crippen molar-refractivity contribution in [2.45, 2.75) is 25.4 Å². The fourth-order valence-electron chi connectivity index (χ4n) is 1.85. The van der Waals surface area contributed by atoms with Crippen molar-refractivity contribution in [2.24, 2.45) is 5.92 Å². The summed E-state index contributed by atoms with van der Waals surface area (Å²) in [6.45, 7) is 0.537. The van der Waals surface area contributed by atoms with Crippen LogP contribution in [0.25, 0.3) is 6.08 Å². The molecular formula is C15H19NO2. The average Bonchev–Trinajstić information content (AvgIpc) is 3.22. The second kappa shape index (κ2) is 6.36. The zero-order chi connectivity index (χ0) is 12.8. The second-order valence-electron chi connectivity index (χ2n) is 4.73. The fourth-order valence-corrected chi connectivity index (χ4v) is 1.85. The molecule has 3 heteroatoms. The maximum atomic E-state index is 11.5. The molecule has 0 aromatic heterocycles. The number of hydrogen-bond acceptors (Lipinski definition) is 2. The predicted molar refractivity (Wildman–Crippen MR) is 71.8 cm³/mol. The molecule has 0 heterocycles. The quantitative estimate of drug-likeness (QED) is 0.753. The maximum Gasteiger partial charge on any atom is 0.244 e. The molecule has 1 aromatic rings. The number of aliphatic hydroxyl groups excluding tert-OH is 1. The van der Waals surface area contributed by atoms with Gasteiger partial charge >= 0.3 is 0 Å². The molecular weight excluding hydrogens is 226 g/mol. The number of hydrogen-bond donors (Lipinski definition) is 2. The van der Waals surface area contributed by atoms with Crippen molar-refractivity contribution in [1.82, 2.24) is 5.32 Å². The molecule has 1 atom stereocenters. The molecule has 0 saturated heterocycles. The lowest BCUT2D eigenvalue weighted by molar-refractivity contribution is -0.116. The third-order valence-corrected chi connectivity index (χ3v) is 3.13. The zero-order valence-corrected chi connectivity index (χ0v) is 10.4. The minimum absolute atomic E-state index is 0.109. The van der Waals surface area contributed by atoms with Gasteiger partial charge in [0.25, 0.3) is 0 Å². The van der Waals surface area contributed by atoms with Gasteiger partial charge in [0.05, 0.1) is 6.10 Å². The third-order valence-electron chi connectivity index (χ3n) is 3.13. The standard InChI is InChI=1S/C15H19NO2/c17-14(13-7-8-13)10-11-16-15(18)9-6-12-4-2-1-3-5-12/h1-6,9,13-14,17H,7-8,10-11H2,(H,16,18). The molecule has 96 valence electrons. The van der Waals surface area contributed by atoms with E-state index in [4.69, 9.17) is 0 Å². The van der Waals surface area contributed by atoms with Gasteiger partial charge < -0.3 is 10.4 Å². The lowest BCUT2D eigenvalue weighted by atomic mass is 10.1. The predicted octanol–water partition coefficient (Wildman–Crippen LogP) is 1.98. The molecule has 0 spiro atoms. The van der Waals surface area contributed by atoms with Crippen LogP contribution in [-0.4, -0.2) is 23.7 Å². The van der Waals surface area contributed by atoms with Gasteiger partial charge in [0.2, 0.25) is 5.91 Å². The van der Waals surface area contributed by atoms with Crippen LogP contribution in [0.2, 0.25) is 0 Å². The van der Waals surface area contributed by atoms with Crippen molar-refractivity contribution in [1.29, 1.82) is 0 Å². The zero-order valence-electron chi connectivity index (χ0n) is 10.4. The Bertz CT molecular complexity index is 410. The summed E-state index contributed by atoms with van der Waals surface area (Å²) >= 11 is 0. The van der Waals surface area contributed by atoms with E-state index in [1.54, 1.807) is 6.08 Å². The normalized spacial score (nSPS) is 16.7. The van der Waals surface area contributed by atoms with Gasteiger partial charge in [0.15, 0.2) is 0 Å². The van der Waals surface area contributed by atoms with Crippen LogP contribution in [0.15, 0.2) is 36.4 Å². The lowest BCUT2D eigenvalue weighted by Gasteiger charge is -2.08. The van der Waals surface area contributed by atoms with E-state index in [-0.39, 0.29) is 12.0 Å². The molecule has 0 aliphatic heterocycles. The van der Waals surface area contributed by atoms with Crippen molar-refractivity contribution >= 4 is 12.0 Å². The van der Waals surface area contributed by atoms with Crippen LogP contribution >= 0.6 is 0 Å². The van der Waals surface area contributed by atoms with E-state index in [0.29, 0.717) is 18.9 Å². The molecule has 18 heavy (non-hydrogen) atoms. The molecule has 1 saturated carbocycles. The minimum atomic E-state index is -0.247. The topological polar surface area (TPSA) is 49.3 Å². The highest BCUT2D eigenvalue weighted by Gasteiger charge is 2.28. The Labute approximate surface area is 108 Å². The first-order valence-electron chi connectivity index (χ1n) is 6.45. The molecule has 1 unspecified atom stereocenters. The summed E-state index contributed by atoms with van der Waals surface area (Å²) in [5.74, 6) is 0.364. The number of aliphatic hydroxyl groups is 1. The largest absolute Gasteiger partial charge is 0.393 e. The van der Waals surface area contributed by atoms with Crippen LogP contribution < -0.4 is 5.32 Å². The summed E-state index contributed by atoms with van der Waals surface area (Å²) in [4.78, 5) is 11.5. The average molecular weight is 245 g/mol. The van der Waals surface area contributed by atoms with Gasteiger partial charge in [0, 0.05) is 12.6 Å². The molecule has 0 bridgehead atoms. The van der Waals surface area contributed by atoms with Crippen LogP contribution in [0.3, 0.4) is 0 Å².